The highest BCUT2D eigenvalue weighted by Crippen LogP contribution is 2.29. The molecule has 0 saturated carbocycles. The van der Waals surface area contributed by atoms with Crippen LogP contribution in [0.4, 0.5) is 0 Å². The molecule has 0 saturated heterocycles. The second-order valence-corrected chi connectivity index (χ2v) is 5.10. The number of aromatic nitrogens is 1. The summed E-state index contributed by atoms with van der Waals surface area (Å²) in [5.74, 6) is 0.827. The molecule has 3 nitrogen and oxygen atoms in total. The molecule has 3 heteroatoms. The number of aryl methyl sites for hydroxylation is 1. The lowest BCUT2D eigenvalue weighted by atomic mass is 9.96. The monoisotopic (exact) mass is 284 g/mol. The van der Waals surface area contributed by atoms with Gasteiger partial charge in [-0.05, 0) is 36.6 Å². The lowest BCUT2D eigenvalue weighted by Gasteiger charge is -2.22. The summed E-state index contributed by atoms with van der Waals surface area (Å²) in [4.78, 5) is 4.15. The number of pyridine rings is 1. The van der Waals surface area contributed by atoms with Crippen LogP contribution in [0.25, 0.3) is 0 Å². The summed E-state index contributed by atoms with van der Waals surface area (Å²) in [5, 5.41) is 3.62. The van der Waals surface area contributed by atoms with Crippen LogP contribution in [0.2, 0.25) is 0 Å². The summed E-state index contributed by atoms with van der Waals surface area (Å²) >= 11 is 0. The maximum absolute atomic E-state index is 5.48. The molecular weight excluding hydrogens is 260 g/mol. The minimum absolute atomic E-state index is 0.134. The topological polar surface area (TPSA) is 34.2 Å². The Balaban J connectivity index is 2.41. The Morgan fingerprint density at radius 3 is 2.81 bits per heavy atom. The van der Waals surface area contributed by atoms with Gasteiger partial charge in [0.05, 0.1) is 19.3 Å². The van der Waals surface area contributed by atoms with E-state index in [-0.39, 0.29) is 6.04 Å². The first-order valence-electron chi connectivity index (χ1n) is 7.60. The van der Waals surface area contributed by atoms with Crippen molar-refractivity contribution in [3.63, 3.8) is 0 Å². The van der Waals surface area contributed by atoms with Gasteiger partial charge in [-0.15, -0.1) is 0 Å². The molecule has 112 valence electrons. The Kier molecular flexibility index (Phi) is 5.76. The van der Waals surface area contributed by atoms with E-state index in [9.17, 15) is 0 Å². The summed E-state index contributed by atoms with van der Waals surface area (Å²) < 4.78 is 5.48. The average molecular weight is 284 g/mol. The van der Waals surface area contributed by atoms with E-state index in [2.05, 4.69) is 48.4 Å². The molecule has 1 aromatic heterocycles. The molecule has 1 heterocycles. The highest BCUT2D eigenvalue weighted by molar-refractivity contribution is 5.40. The van der Waals surface area contributed by atoms with E-state index in [0.29, 0.717) is 0 Å². The van der Waals surface area contributed by atoms with E-state index in [4.69, 9.17) is 4.74 Å². The Morgan fingerprint density at radius 2 is 2.10 bits per heavy atom. The molecule has 21 heavy (non-hydrogen) atoms. The maximum atomic E-state index is 5.48. The van der Waals surface area contributed by atoms with Crippen molar-refractivity contribution in [2.45, 2.75) is 32.7 Å². The summed E-state index contributed by atoms with van der Waals surface area (Å²) in [5.41, 5.74) is 3.75. The first kappa shape index (κ1) is 15.5. The minimum atomic E-state index is 0.134. The maximum Gasteiger partial charge on any atom is 0.142 e. The van der Waals surface area contributed by atoms with Gasteiger partial charge in [-0.2, -0.15) is 0 Å². The highest BCUT2D eigenvalue weighted by Gasteiger charge is 2.17. The van der Waals surface area contributed by atoms with Crippen LogP contribution < -0.4 is 10.1 Å². The van der Waals surface area contributed by atoms with Crippen LogP contribution in [-0.4, -0.2) is 18.6 Å². The van der Waals surface area contributed by atoms with Gasteiger partial charge in [0.15, 0.2) is 0 Å². The second-order valence-electron chi connectivity index (χ2n) is 5.10. The predicted octanol–water partition coefficient (Wildman–Crippen LogP) is 3.74. The summed E-state index contributed by atoms with van der Waals surface area (Å²) in [6, 6.07) is 10.9. The predicted molar refractivity (Wildman–Crippen MR) is 86.7 cm³/mol. The fraction of sp³-hybridized carbons (Fsp3) is 0.389. The number of hydrogen-bond acceptors (Lipinski definition) is 3. The van der Waals surface area contributed by atoms with E-state index >= 15 is 0 Å². The molecule has 1 atom stereocenters. The van der Waals surface area contributed by atoms with Crippen LogP contribution in [0.5, 0.6) is 5.75 Å². The number of ether oxygens (including phenoxy) is 1. The molecule has 0 aliphatic rings. The number of rotatable bonds is 7. The Hall–Kier alpha value is -1.87. The summed E-state index contributed by atoms with van der Waals surface area (Å²) in [6.07, 6.45) is 5.74. The summed E-state index contributed by atoms with van der Waals surface area (Å²) in [6.45, 7) is 5.32. The molecule has 0 aliphatic carbocycles. The molecule has 0 amide bonds. The molecule has 0 aliphatic heterocycles. The van der Waals surface area contributed by atoms with Crippen molar-refractivity contribution in [2.24, 2.45) is 0 Å². The zero-order valence-corrected chi connectivity index (χ0v) is 13.1. The fourth-order valence-corrected chi connectivity index (χ4v) is 2.49. The molecule has 1 N–H and O–H groups in total. The first-order valence-corrected chi connectivity index (χ1v) is 7.60. The summed E-state index contributed by atoms with van der Waals surface area (Å²) in [7, 11) is 1.69. The molecule has 2 aromatic rings. The van der Waals surface area contributed by atoms with Gasteiger partial charge in [-0.1, -0.05) is 38.1 Å². The van der Waals surface area contributed by atoms with Crippen LogP contribution >= 0.6 is 0 Å². The van der Waals surface area contributed by atoms with Crippen molar-refractivity contribution in [1.82, 2.24) is 10.3 Å². The third-order valence-corrected chi connectivity index (χ3v) is 3.64. The number of hydrogen-bond donors (Lipinski definition) is 1. The zero-order valence-electron chi connectivity index (χ0n) is 13.1. The van der Waals surface area contributed by atoms with E-state index in [1.54, 1.807) is 13.3 Å². The third kappa shape index (κ3) is 3.82. The molecule has 0 bridgehead atoms. The van der Waals surface area contributed by atoms with Crippen molar-refractivity contribution in [3.8, 4) is 5.75 Å². The molecule has 0 radical (unpaired) electrons. The van der Waals surface area contributed by atoms with E-state index in [0.717, 1.165) is 30.7 Å². The smallest absolute Gasteiger partial charge is 0.142 e. The van der Waals surface area contributed by atoms with E-state index < -0.39 is 0 Å². The van der Waals surface area contributed by atoms with Gasteiger partial charge in [-0.25, -0.2) is 0 Å². The number of nitrogens with one attached hydrogen (secondary N) is 1. The lowest BCUT2D eigenvalue weighted by molar-refractivity contribution is 0.402. The van der Waals surface area contributed by atoms with Crippen molar-refractivity contribution in [1.29, 1.82) is 0 Å². The van der Waals surface area contributed by atoms with Crippen LogP contribution in [0, 0.1) is 0 Å². The van der Waals surface area contributed by atoms with Crippen molar-refractivity contribution in [2.75, 3.05) is 13.7 Å². The SMILES string of the molecule is CCCNC(c1cccc(CC)c1)c1ccncc1OC. The van der Waals surface area contributed by atoms with Gasteiger partial charge in [0.25, 0.3) is 0 Å². The van der Waals surface area contributed by atoms with Gasteiger partial charge in [-0.3, -0.25) is 4.98 Å². The van der Waals surface area contributed by atoms with Gasteiger partial charge in [0.2, 0.25) is 0 Å². The number of benzene rings is 1. The molecule has 2 rings (SSSR count). The van der Waals surface area contributed by atoms with Crippen LogP contribution in [0.15, 0.2) is 42.7 Å². The molecule has 1 aromatic carbocycles. The third-order valence-electron chi connectivity index (χ3n) is 3.64. The minimum Gasteiger partial charge on any atom is -0.495 e. The van der Waals surface area contributed by atoms with Crippen LogP contribution in [-0.2, 0) is 6.42 Å². The number of nitrogens with zero attached hydrogens (tertiary/aromatic N) is 1. The Morgan fingerprint density at radius 1 is 1.24 bits per heavy atom. The van der Waals surface area contributed by atoms with Gasteiger partial charge < -0.3 is 10.1 Å². The van der Waals surface area contributed by atoms with Gasteiger partial charge in [0.1, 0.15) is 5.75 Å². The quantitative estimate of drug-likeness (QED) is 0.841. The first-order chi connectivity index (χ1) is 10.3. The molecule has 0 fully saturated rings. The van der Waals surface area contributed by atoms with E-state index in [1.807, 2.05) is 12.3 Å². The second kappa shape index (κ2) is 7.79. The lowest BCUT2D eigenvalue weighted by Crippen LogP contribution is -2.23. The van der Waals surface area contributed by atoms with Crippen molar-refractivity contribution >= 4 is 0 Å². The molecule has 1 unspecified atom stereocenters. The molecule has 0 spiro atoms. The average Bonchev–Trinajstić information content (AvgIpc) is 2.56. The zero-order chi connectivity index (χ0) is 15.1. The molecular formula is C18H24N2O. The standard InChI is InChI=1S/C18H24N2O/c1-4-10-20-18(15-8-6-7-14(5-2)12-15)16-9-11-19-13-17(16)21-3/h6-9,11-13,18,20H,4-5,10H2,1-3H3. The Bertz CT molecular complexity index is 569. The van der Waals surface area contributed by atoms with Crippen LogP contribution in [0.3, 0.4) is 0 Å². The number of methoxy groups -OCH3 is 1. The fourth-order valence-electron chi connectivity index (χ4n) is 2.49. The highest BCUT2D eigenvalue weighted by atomic mass is 16.5. The van der Waals surface area contributed by atoms with Crippen LogP contribution in [0.1, 0.15) is 43.0 Å². The van der Waals surface area contributed by atoms with Crippen molar-refractivity contribution in [3.05, 3.63) is 59.4 Å². The normalized spacial score (nSPS) is 12.1. The van der Waals surface area contributed by atoms with E-state index in [1.165, 1.54) is 11.1 Å². The van der Waals surface area contributed by atoms with Gasteiger partial charge >= 0.3 is 0 Å². The largest absolute Gasteiger partial charge is 0.495 e. The Labute approximate surface area is 127 Å². The van der Waals surface area contributed by atoms with Gasteiger partial charge in [0, 0.05) is 11.8 Å². The van der Waals surface area contributed by atoms with Crippen molar-refractivity contribution < 1.29 is 4.74 Å².